The molecule has 3 N–H and O–H groups in total. The molecule has 0 aromatic heterocycles. The third kappa shape index (κ3) is 4.23. The van der Waals surface area contributed by atoms with E-state index < -0.39 is 11.8 Å². The number of phenolic OH excluding ortho intramolecular Hbond substituents is 1. The summed E-state index contributed by atoms with van der Waals surface area (Å²) in [6.07, 6.45) is 0. The number of amides is 2. The molecule has 114 valence electrons. The predicted octanol–water partition coefficient (Wildman–Crippen LogP) is 3.33. The second-order valence-corrected chi connectivity index (χ2v) is 7.04. The Hall–Kier alpha value is -1.07. The van der Waals surface area contributed by atoms with E-state index in [0.29, 0.717) is 14.2 Å². The van der Waals surface area contributed by atoms with Crippen LogP contribution in [0.1, 0.15) is 20.7 Å². The highest BCUT2D eigenvalue weighted by Crippen LogP contribution is 2.26. The van der Waals surface area contributed by atoms with Crippen molar-refractivity contribution in [3.63, 3.8) is 0 Å². The normalized spacial score (nSPS) is 10.1. The van der Waals surface area contributed by atoms with E-state index in [1.54, 1.807) is 18.2 Å². The van der Waals surface area contributed by atoms with Crippen LogP contribution in [0.3, 0.4) is 0 Å². The maximum Gasteiger partial charge on any atom is 0.273 e. The first-order valence-corrected chi connectivity index (χ1v) is 8.46. The van der Waals surface area contributed by atoms with E-state index in [9.17, 15) is 14.7 Å². The van der Waals surface area contributed by atoms with Gasteiger partial charge in [0.2, 0.25) is 0 Å². The fraction of sp³-hybridized carbons (Fsp3) is 0. The summed E-state index contributed by atoms with van der Waals surface area (Å²) in [7, 11) is 0. The van der Waals surface area contributed by atoms with E-state index in [1.165, 1.54) is 18.2 Å². The van der Waals surface area contributed by atoms with Crippen molar-refractivity contribution in [1.82, 2.24) is 10.9 Å². The summed E-state index contributed by atoms with van der Waals surface area (Å²) >= 11 is 9.71. The molecule has 2 aromatic rings. The molecule has 0 radical (unpaired) electrons. The predicted molar refractivity (Wildman–Crippen MR) is 99.9 cm³/mol. The fourth-order valence-corrected chi connectivity index (χ4v) is 3.56. The summed E-state index contributed by atoms with van der Waals surface area (Å²) in [4.78, 5) is 23.9. The molecule has 0 aliphatic heterocycles. The molecule has 0 aliphatic carbocycles. The Kier molecular flexibility index (Phi) is 5.87. The van der Waals surface area contributed by atoms with Crippen molar-refractivity contribution < 1.29 is 14.7 Å². The highest BCUT2D eigenvalue weighted by Gasteiger charge is 2.16. The standard InChI is InChI=1S/C14H9ClI2N2O3/c15-8-3-1-7(2-4-8)13(21)18-19-14(22)10-5-9(16)6-11(17)12(10)20/h1-6,20H,(H,18,21)(H,19,22). The summed E-state index contributed by atoms with van der Waals surface area (Å²) in [5.74, 6) is -1.21. The first-order chi connectivity index (χ1) is 10.4. The minimum atomic E-state index is -0.601. The van der Waals surface area contributed by atoms with Crippen molar-refractivity contribution in [2.75, 3.05) is 0 Å². The van der Waals surface area contributed by atoms with Crippen molar-refractivity contribution in [2.24, 2.45) is 0 Å². The Morgan fingerprint density at radius 1 is 1.00 bits per heavy atom. The highest BCUT2D eigenvalue weighted by molar-refractivity contribution is 14.1. The third-order valence-electron chi connectivity index (χ3n) is 2.67. The number of halogens is 3. The molecule has 0 atom stereocenters. The Morgan fingerprint density at radius 2 is 1.59 bits per heavy atom. The molecule has 0 saturated heterocycles. The van der Waals surface area contributed by atoms with Crippen molar-refractivity contribution >= 4 is 68.6 Å². The van der Waals surface area contributed by atoms with Crippen LogP contribution in [-0.2, 0) is 0 Å². The zero-order valence-corrected chi connectivity index (χ0v) is 15.9. The second-order valence-electron chi connectivity index (χ2n) is 4.20. The van der Waals surface area contributed by atoms with Gasteiger partial charge in [0.25, 0.3) is 11.8 Å². The minimum absolute atomic E-state index is 0.0905. The number of hydrazine groups is 1. The van der Waals surface area contributed by atoms with Gasteiger partial charge in [-0.2, -0.15) is 0 Å². The van der Waals surface area contributed by atoms with E-state index in [4.69, 9.17) is 11.6 Å². The van der Waals surface area contributed by atoms with Crippen LogP contribution in [-0.4, -0.2) is 16.9 Å². The van der Waals surface area contributed by atoms with E-state index in [0.717, 1.165) is 3.57 Å². The molecule has 0 unspecified atom stereocenters. The molecule has 2 aromatic carbocycles. The molecule has 0 bridgehead atoms. The number of hydrogen-bond acceptors (Lipinski definition) is 3. The molecule has 0 spiro atoms. The second kappa shape index (κ2) is 7.47. The van der Waals surface area contributed by atoms with Crippen LogP contribution in [0.5, 0.6) is 5.75 Å². The van der Waals surface area contributed by atoms with E-state index >= 15 is 0 Å². The quantitative estimate of drug-likeness (QED) is 0.403. The Bertz CT molecular complexity index is 736. The van der Waals surface area contributed by atoms with Gasteiger partial charge in [-0.15, -0.1) is 0 Å². The first kappa shape index (κ1) is 17.3. The molecule has 22 heavy (non-hydrogen) atoms. The van der Waals surface area contributed by atoms with Crippen LogP contribution in [0.2, 0.25) is 5.02 Å². The van der Waals surface area contributed by atoms with E-state index in [-0.39, 0.29) is 11.3 Å². The number of rotatable bonds is 2. The van der Waals surface area contributed by atoms with Crippen molar-refractivity contribution in [2.45, 2.75) is 0 Å². The summed E-state index contributed by atoms with van der Waals surface area (Å²) in [6, 6.07) is 9.49. The zero-order valence-electron chi connectivity index (χ0n) is 10.9. The maximum atomic E-state index is 12.0. The lowest BCUT2D eigenvalue weighted by molar-refractivity contribution is 0.0845. The highest BCUT2D eigenvalue weighted by atomic mass is 127. The van der Waals surface area contributed by atoms with E-state index in [2.05, 4.69) is 10.9 Å². The van der Waals surface area contributed by atoms with Gasteiger partial charge in [0.05, 0.1) is 9.13 Å². The van der Waals surface area contributed by atoms with Crippen LogP contribution in [0, 0.1) is 7.14 Å². The third-order valence-corrected chi connectivity index (χ3v) is 4.37. The monoisotopic (exact) mass is 542 g/mol. The molecule has 5 nitrogen and oxygen atoms in total. The SMILES string of the molecule is O=C(NNC(=O)c1cc(I)cc(I)c1O)c1ccc(Cl)cc1. The van der Waals surface area contributed by atoms with Gasteiger partial charge < -0.3 is 5.11 Å². The van der Waals surface area contributed by atoms with Crippen molar-refractivity contribution in [3.8, 4) is 5.75 Å². The van der Waals surface area contributed by atoms with Crippen molar-refractivity contribution in [3.05, 3.63) is 59.7 Å². The average molecular weight is 542 g/mol. The fourth-order valence-electron chi connectivity index (χ4n) is 1.59. The number of phenols is 1. The Labute approximate surface area is 158 Å². The lowest BCUT2D eigenvalue weighted by atomic mass is 10.2. The molecule has 2 amide bonds. The summed E-state index contributed by atoms with van der Waals surface area (Å²) in [6.45, 7) is 0. The lowest BCUT2D eigenvalue weighted by Gasteiger charge is -2.10. The molecule has 0 aliphatic rings. The topological polar surface area (TPSA) is 78.4 Å². The van der Waals surface area contributed by atoms with Gasteiger partial charge in [0, 0.05) is 14.2 Å². The largest absolute Gasteiger partial charge is 0.506 e. The minimum Gasteiger partial charge on any atom is -0.506 e. The maximum absolute atomic E-state index is 12.0. The molecule has 0 saturated carbocycles. The van der Waals surface area contributed by atoms with Gasteiger partial charge in [-0.3, -0.25) is 20.4 Å². The number of aromatic hydroxyl groups is 1. The van der Waals surface area contributed by atoms with Gasteiger partial charge in [-0.1, -0.05) is 11.6 Å². The first-order valence-electron chi connectivity index (χ1n) is 5.92. The summed E-state index contributed by atoms with van der Waals surface area (Å²) in [5.41, 5.74) is 5.00. The zero-order chi connectivity index (χ0) is 16.3. The number of carbonyl (C=O) groups is 2. The average Bonchev–Trinajstić information content (AvgIpc) is 2.48. The number of benzene rings is 2. The molecular formula is C14H9ClI2N2O3. The molecular weight excluding hydrogens is 533 g/mol. The molecule has 0 heterocycles. The van der Waals surface area contributed by atoms with E-state index in [1.807, 2.05) is 45.2 Å². The number of carbonyl (C=O) groups excluding carboxylic acids is 2. The Morgan fingerprint density at radius 3 is 2.23 bits per heavy atom. The van der Waals surface area contributed by atoms with Crippen LogP contribution >= 0.6 is 56.8 Å². The van der Waals surface area contributed by atoms with Crippen LogP contribution in [0.15, 0.2) is 36.4 Å². The van der Waals surface area contributed by atoms with Gasteiger partial charge in [-0.25, -0.2) is 0 Å². The summed E-state index contributed by atoms with van der Waals surface area (Å²) < 4.78 is 1.35. The lowest BCUT2D eigenvalue weighted by Crippen LogP contribution is -2.41. The van der Waals surface area contributed by atoms with Gasteiger partial charge >= 0.3 is 0 Å². The van der Waals surface area contributed by atoms with Crippen LogP contribution < -0.4 is 10.9 Å². The number of hydrogen-bond donors (Lipinski definition) is 3. The summed E-state index contributed by atoms with van der Waals surface area (Å²) in [5, 5.41) is 10.4. The van der Waals surface area contributed by atoms with Gasteiger partial charge in [0.1, 0.15) is 5.75 Å². The number of nitrogens with one attached hydrogen (secondary N) is 2. The van der Waals surface area contributed by atoms with Crippen molar-refractivity contribution in [1.29, 1.82) is 0 Å². The smallest absolute Gasteiger partial charge is 0.273 e. The van der Waals surface area contributed by atoms with Gasteiger partial charge in [0.15, 0.2) is 0 Å². The van der Waals surface area contributed by atoms with Crippen LogP contribution in [0.4, 0.5) is 0 Å². The van der Waals surface area contributed by atoms with Crippen LogP contribution in [0.25, 0.3) is 0 Å². The van der Waals surface area contributed by atoms with Gasteiger partial charge in [-0.05, 0) is 81.6 Å². The Balaban J connectivity index is 2.07. The molecule has 2 rings (SSSR count). The molecule has 0 fully saturated rings. The molecule has 8 heteroatoms.